The summed E-state index contributed by atoms with van der Waals surface area (Å²) in [4.78, 5) is 9.77. The van der Waals surface area contributed by atoms with Gasteiger partial charge in [0.25, 0.3) is 0 Å². The van der Waals surface area contributed by atoms with E-state index >= 15 is 0 Å². The summed E-state index contributed by atoms with van der Waals surface area (Å²) in [6.07, 6.45) is 3.90. The lowest BCUT2D eigenvalue weighted by molar-refractivity contribution is 0.0389. The summed E-state index contributed by atoms with van der Waals surface area (Å²) in [6.45, 7) is 15.8. The quantitative estimate of drug-likeness (QED) is 0.323. The van der Waals surface area contributed by atoms with Crippen LogP contribution in [0.25, 0.3) is 0 Å². The molecule has 0 aromatic carbocycles. The van der Waals surface area contributed by atoms with Crippen LogP contribution in [0.15, 0.2) is 4.99 Å². The summed E-state index contributed by atoms with van der Waals surface area (Å²) in [7, 11) is 0. The Morgan fingerprint density at radius 3 is 2.40 bits per heavy atom. The molecule has 0 saturated carbocycles. The summed E-state index contributed by atoms with van der Waals surface area (Å²) in [5.41, 5.74) is 0. The number of hydrogen-bond acceptors (Lipinski definition) is 4. The van der Waals surface area contributed by atoms with E-state index < -0.39 is 0 Å². The summed E-state index contributed by atoms with van der Waals surface area (Å²) < 4.78 is 5.39. The standard InChI is InChI=1S/C18H37N5O.HI/c1-3-19-18(21-9-12-23-13-15-24-16-14-23)20-8-5-17-6-10-22(4-2)11-7-17;/h17H,3-16H2,1-2H3,(H2,19,20,21);1H. The lowest BCUT2D eigenvalue weighted by Crippen LogP contribution is -2.44. The third kappa shape index (κ3) is 9.40. The molecule has 0 aliphatic carbocycles. The van der Waals surface area contributed by atoms with Gasteiger partial charge < -0.3 is 20.3 Å². The third-order valence-electron chi connectivity index (χ3n) is 5.13. The molecule has 0 bridgehead atoms. The molecule has 6 nitrogen and oxygen atoms in total. The number of halogens is 1. The Balaban J connectivity index is 0.00000312. The Morgan fingerprint density at radius 1 is 1.04 bits per heavy atom. The molecule has 0 amide bonds. The van der Waals surface area contributed by atoms with Gasteiger partial charge in [0.05, 0.1) is 13.2 Å². The van der Waals surface area contributed by atoms with E-state index in [0.717, 1.165) is 64.4 Å². The minimum Gasteiger partial charge on any atom is -0.379 e. The van der Waals surface area contributed by atoms with Crippen molar-refractivity contribution in [2.45, 2.75) is 33.1 Å². The van der Waals surface area contributed by atoms with Gasteiger partial charge in [-0.05, 0) is 51.7 Å². The maximum Gasteiger partial charge on any atom is 0.191 e. The molecule has 2 fully saturated rings. The van der Waals surface area contributed by atoms with Crippen LogP contribution in [-0.4, -0.2) is 87.9 Å². The molecule has 2 saturated heterocycles. The second kappa shape index (κ2) is 14.0. The zero-order valence-corrected chi connectivity index (χ0v) is 18.5. The number of rotatable bonds is 8. The van der Waals surface area contributed by atoms with Crippen LogP contribution in [0.1, 0.15) is 33.1 Å². The zero-order chi connectivity index (χ0) is 17.0. The van der Waals surface area contributed by atoms with Gasteiger partial charge >= 0.3 is 0 Å². The van der Waals surface area contributed by atoms with Gasteiger partial charge in [0.1, 0.15) is 0 Å². The Bertz CT molecular complexity index is 355. The molecule has 148 valence electrons. The van der Waals surface area contributed by atoms with Crippen molar-refractivity contribution in [2.75, 3.05) is 72.1 Å². The van der Waals surface area contributed by atoms with Crippen molar-refractivity contribution < 1.29 is 4.74 Å². The van der Waals surface area contributed by atoms with Crippen LogP contribution < -0.4 is 10.6 Å². The zero-order valence-electron chi connectivity index (χ0n) is 16.1. The van der Waals surface area contributed by atoms with E-state index in [1.807, 2.05) is 0 Å². The molecule has 0 unspecified atom stereocenters. The van der Waals surface area contributed by atoms with E-state index in [2.05, 4.69) is 34.3 Å². The molecule has 2 heterocycles. The number of morpholine rings is 1. The van der Waals surface area contributed by atoms with Crippen molar-refractivity contribution in [1.82, 2.24) is 20.4 Å². The second-order valence-corrected chi connectivity index (χ2v) is 6.81. The van der Waals surface area contributed by atoms with E-state index in [-0.39, 0.29) is 24.0 Å². The number of likely N-dealkylation sites (tertiary alicyclic amines) is 1. The molecule has 0 radical (unpaired) electrons. The number of guanidine groups is 1. The first-order chi connectivity index (χ1) is 11.8. The first kappa shape index (κ1) is 22.9. The van der Waals surface area contributed by atoms with Crippen molar-refractivity contribution in [3.05, 3.63) is 0 Å². The molecular formula is C18H38IN5O. The highest BCUT2D eigenvalue weighted by molar-refractivity contribution is 14.0. The number of nitrogens with zero attached hydrogens (tertiary/aromatic N) is 3. The van der Waals surface area contributed by atoms with Gasteiger partial charge in [0, 0.05) is 39.3 Å². The average molecular weight is 467 g/mol. The van der Waals surface area contributed by atoms with Crippen LogP contribution in [0.3, 0.4) is 0 Å². The van der Waals surface area contributed by atoms with Gasteiger partial charge in [-0.25, -0.2) is 0 Å². The van der Waals surface area contributed by atoms with Crippen molar-refractivity contribution in [2.24, 2.45) is 10.9 Å². The molecule has 7 heteroatoms. The van der Waals surface area contributed by atoms with Crippen LogP contribution in [0, 0.1) is 5.92 Å². The molecule has 0 spiro atoms. The van der Waals surface area contributed by atoms with Gasteiger partial charge in [0.2, 0.25) is 0 Å². The van der Waals surface area contributed by atoms with Crippen molar-refractivity contribution in [3.63, 3.8) is 0 Å². The fourth-order valence-corrected chi connectivity index (χ4v) is 3.45. The highest BCUT2D eigenvalue weighted by Gasteiger charge is 2.17. The maximum atomic E-state index is 5.39. The number of piperidine rings is 1. The normalized spacial score (nSPS) is 21.0. The average Bonchev–Trinajstić information content (AvgIpc) is 2.63. The lowest BCUT2D eigenvalue weighted by atomic mass is 9.94. The molecule has 2 aliphatic heterocycles. The predicted octanol–water partition coefficient (Wildman–Crippen LogP) is 1.61. The van der Waals surface area contributed by atoms with E-state index in [1.165, 1.54) is 38.9 Å². The summed E-state index contributed by atoms with van der Waals surface area (Å²) >= 11 is 0. The van der Waals surface area contributed by atoms with Gasteiger partial charge in [0.15, 0.2) is 5.96 Å². The van der Waals surface area contributed by atoms with E-state index in [4.69, 9.17) is 9.73 Å². The summed E-state index contributed by atoms with van der Waals surface area (Å²) in [5.74, 6) is 1.82. The van der Waals surface area contributed by atoms with E-state index in [9.17, 15) is 0 Å². The van der Waals surface area contributed by atoms with Crippen LogP contribution in [0.2, 0.25) is 0 Å². The first-order valence-electron chi connectivity index (χ1n) is 9.86. The SMILES string of the molecule is CCNC(=NCCC1CCN(CC)CC1)NCCN1CCOCC1.I. The highest BCUT2D eigenvalue weighted by atomic mass is 127. The lowest BCUT2D eigenvalue weighted by Gasteiger charge is -2.30. The van der Waals surface area contributed by atoms with Gasteiger partial charge in [-0.3, -0.25) is 9.89 Å². The largest absolute Gasteiger partial charge is 0.379 e. The van der Waals surface area contributed by atoms with Gasteiger partial charge in [-0.1, -0.05) is 6.92 Å². The molecule has 0 atom stereocenters. The van der Waals surface area contributed by atoms with Crippen LogP contribution >= 0.6 is 24.0 Å². The maximum absolute atomic E-state index is 5.39. The molecule has 2 aliphatic rings. The molecule has 0 aromatic rings. The molecule has 2 rings (SSSR count). The van der Waals surface area contributed by atoms with Gasteiger partial charge in [-0.15, -0.1) is 24.0 Å². The molecule has 25 heavy (non-hydrogen) atoms. The number of nitrogens with one attached hydrogen (secondary N) is 2. The number of ether oxygens (including phenoxy) is 1. The summed E-state index contributed by atoms with van der Waals surface area (Å²) in [6, 6.07) is 0. The highest BCUT2D eigenvalue weighted by Crippen LogP contribution is 2.19. The molecular weight excluding hydrogens is 429 g/mol. The molecule has 0 aromatic heterocycles. The fourth-order valence-electron chi connectivity index (χ4n) is 3.45. The van der Waals surface area contributed by atoms with Crippen molar-refractivity contribution in [3.8, 4) is 0 Å². The van der Waals surface area contributed by atoms with E-state index in [1.54, 1.807) is 0 Å². The summed E-state index contributed by atoms with van der Waals surface area (Å²) in [5, 5.41) is 6.83. The van der Waals surface area contributed by atoms with Gasteiger partial charge in [-0.2, -0.15) is 0 Å². The predicted molar refractivity (Wildman–Crippen MR) is 116 cm³/mol. The smallest absolute Gasteiger partial charge is 0.191 e. The number of hydrogen-bond donors (Lipinski definition) is 2. The minimum atomic E-state index is 0. The first-order valence-corrected chi connectivity index (χ1v) is 9.86. The Morgan fingerprint density at radius 2 is 1.76 bits per heavy atom. The fraction of sp³-hybridized carbons (Fsp3) is 0.944. The monoisotopic (exact) mass is 467 g/mol. The minimum absolute atomic E-state index is 0. The second-order valence-electron chi connectivity index (χ2n) is 6.81. The van der Waals surface area contributed by atoms with Crippen molar-refractivity contribution >= 4 is 29.9 Å². The van der Waals surface area contributed by atoms with Crippen LogP contribution in [0.5, 0.6) is 0 Å². The van der Waals surface area contributed by atoms with Crippen molar-refractivity contribution in [1.29, 1.82) is 0 Å². The molecule has 2 N–H and O–H groups in total. The topological polar surface area (TPSA) is 52.1 Å². The third-order valence-corrected chi connectivity index (χ3v) is 5.13. The Hall–Kier alpha value is -0.120. The van der Waals surface area contributed by atoms with Crippen LogP contribution in [-0.2, 0) is 4.74 Å². The van der Waals surface area contributed by atoms with Crippen LogP contribution in [0.4, 0.5) is 0 Å². The Labute approximate surface area is 171 Å². The Kier molecular flexibility index (Phi) is 12.8. The van der Waals surface area contributed by atoms with E-state index in [0.29, 0.717) is 0 Å². The number of aliphatic imine (C=N–C) groups is 1.